The Kier molecular flexibility index (Phi) is 9.67. The van der Waals surface area contributed by atoms with E-state index in [4.69, 9.17) is 0 Å². The monoisotopic (exact) mass is 539 g/mol. The Morgan fingerprint density at radius 2 is 1.52 bits per heavy atom. The summed E-state index contributed by atoms with van der Waals surface area (Å²) in [4.78, 5) is 20.2. The largest absolute Gasteiger partial charge is 0.369 e. The fourth-order valence-corrected chi connectivity index (χ4v) is 6.40. The summed E-state index contributed by atoms with van der Waals surface area (Å²) in [5, 5.41) is 0. The maximum atomic E-state index is 15.0. The Morgan fingerprint density at radius 1 is 0.900 bits per heavy atom. The Balaban J connectivity index is 1.22. The highest BCUT2D eigenvalue weighted by molar-refractivity contribution is 5.95. The molecule has 1 amide bonds. The predicted octanol–water partition coefficient (Wildman–Crippen LogP) is 7.13. The smallest absolute Gasteiger partial charge is 0.257 e. The van der Waals surface area contributed by atoms with Crippen molar-refractivity contribution in [3.63, 3.8) is 0 Å². The molecule has 0 spiro atoms. The molecule has 4 nitrogen and oxygen atoms in total. The van der Waals surface area contributed by atoms with Crippen molar-refractivity contribution in [2.75, 3.05) is 44.2 Å². The maximum absolute atomic E-state index is 15.0. The van der Waals surface area contributed by atoms with Gasteiger partial charge in [-0.1, -0.05) is 86.0 Å². The van der Waals surface area contributed by atoms with Crippen LogP contribution in [-0.4, -0.2) is 61.0 Å². The number of carbonyl (C=O) groups excluding carboxylic acids is 1. The van der Waals surface area contributed by atoms with Gasteiger partial charge < -0.3 is 9.80 Å². The Bertz CT molecular complexity index is 1190. The third-order valence-electron chi connectivity index (χ3n) is 8.66. The first-order valence-electron chi connectivity index (χ1n) is 14.9. The number of rotatable bonds is 10. The van der Waals surface area contributed by atoms with Crippen molar-refractivity contribution in [2.24, 2.45) is 0 Å². The molecule has 0 aromatic heterocycles. The average molecular weight is 540 g/mol. The standard InChI is InChI=1S/C35H42FN3O/c1-2-21-39(30-16-10-5-11-17-30)35(40)33-27-31(18-19-34(33)36)38-25-23-37(24-26-38)22-20-32(28-12-6-3-7-13-28)29-14-8-4-9-15-29/h2-4,6-9,12-15,18-19,27,30,32H,1,5,10-11,16-17,20-26H2. The van der Waals surface area contributed by atoms with E-state index in [1.54, 1.807) is 12.1 Å². The third kappa shape index (κ3) is 6.82. The lowest BCUT2D eigenvalue weighted by Crippen LogP contribution is -2.47. The van der Waals surface area contributed by atoms with Gasteiger partial charge in [-0.3, -0.25) is 9.69 Å². The van der Waals surface area contributed by atoms with Crippen LogP contribution in [0.3, 0.4) is 0 Å². The topological polar surface area (TPSA) is 26.8 Å². The van der Waals surface area contributed by atoms with Gasteiger partial charge in [-0.2, -0.15) is 0 Å². The molecule has 40 heavy (non-hydrogen) atoms. The molecule has 0 unspecified atom stereocenters. The van der Waals surface area contributed by atoms with Gasteiger partial charge in [0, 0.05) is 50.4 Å². The van der Waals surface area contributed by atoms with Gasteiger partial charge in [0.25, 0.3) is 5.91 Å². The molecule has 5 rings (SSSR count). The maximum Gasteiger partial charge on any atom is 0.257 e. The van der Waals surface area contributed by atoms with Gasteiger partial charge in [0.15, 0.2) is 0 Å². The van der Waals surface area contributed by atoms with E-state index in [-0.39, 0.29) is 17.5 Å². The summed E-state index contributed by atoms with van der Waals surface area (Å²) < 4.78 is 15.0. The summed E-state index contributed by atoms with van der Waals surface area (Å²) in [6.45, 7) is 8.94. The molecule has 0 bridgehead atoms. The van der Waals surface area contributed by atoms with Crippen molar-refractivity contribution in [1.82, 2.24) is 9.80 Å². The minimum atomic E-state index is -0.440. The summed E-state index contributed by atoms with van der Waals surface area (Å²) in [5.41, 5.74) is 3.82. The van der Waals surface area contributed by atoms with Gasteiger partial charge in [0.2, 0.25) is 0 Å². The van der Waals surface area contributed by atoms with E-state index in [0.717, 1.165) is 70.5 Å². The number of amides is 1. The predicted molar refractivity (Wildman–Crippen MR) is 163 cm³/mol. The van der Waals surface area contributed by atoms with Gasteiger partial charge in [0.05, 0.1) is 5.56 Å². The van der Waals surface area contributed by atoms with Gasteiger partial charge in [-0.15, -0.1) is 6.58 Å². The van der Waals surface area contributed by atoms with Gasteiger partial charge >= 0.3 is 0 Å². The molecule has 0 atom stereocenters. The van der Waals surface area contributed by atoms with E-state index < -0.39 is 5.82 Å². The van der Waals surface area contributed by atoms with Crippen molar-refractivity contribution in [3.8, 4) is 0 Å². The molecule has 2 aliphatic rings. The second kappa shape index (κ2) is 13.8. The molecular weight excluding hydrogens is 497 g/mol. The number of carbonyl (C=O) groups is 1. The first-order valence-corrected chi connectivity index (χ1v) is 14.9. The Hall–Kier alpha value is -3.44. The molecule has 5 heteroatoms. The van der Waals surface area contributed by atoms with E-state index in [0.29, 0.717) is 12.5 Å². The number of halogens is 1. The zero-order valence-electron chi connectivity index (χ0n) is 23.6. The van der Waals surface area contributed by atoms with Crippen molar-refractivity contribution in [1.29, 1.82) is 0 Å². The van der Waals surface area contributed by atoms with E-state index in [1.165, 1.54) is 23.6 Å². The Morgan fingerprint density at radius 3 is 2.12 bits per heavy atom. The molecule has 1 aliphatic heterocycles. The minimum Gasteiger partial charge on any atom is -0.369 e. The average Bonchev–Trinajstić information content (AvgIpc) is 3.02. The van der Waals surface area contributed by atoms with Crippen LogP contribution in [0.4, 0.5) is 10.1 Å². The third-order valence-corrected chi connectivity index (χ3v) is 8.66. The molecule has 2 fully saturated rings. The number of piperazine rings is 1. The summed E-state index contributed by atoms with van der Waals surface area (Å²) in [5.74, 6) is -0.281. The lowest BCUT2D eigenvalue weighted by molar-refractivity contribution is 0.0658. The number of nitrogens with zero attached hydrogens (tertiary/aromatic N) is 3. The Labute approximate surface area is 239 Å². The van der Waals surface area contributed by atoms with E-state index >= 15 is 0 Å². The lowest BCUT2D eigenvalue weighted by atomic mass is 9.88. The molecule has 210 valence electrons. The van der Waals surface area contributed by atoms with Crippen LogP contribution in [0, 0.1) is 5.82 Å². The zero-order chi connectivity index (χ0) is 27.7. The zero-order valence-corrected chi connectivity index (χ0v) is 23.6. The molecule has 0 radical (unpaired) electrons. The number of anilines is 1. The van der Waals surface area contributed by atoms with Crippen molar-refractivity contribution >= 4 is 11.6 Å². The number of hydrogen-bond donors (Lipinski definition) is 0. The SMILES string of the molecule is C=CCN(C(=O)c1cc(N2CCN(CCC(c3ccccc3)c3ccccc3)CC2)ccc1F)C1CCCCC1. The van der Waals surface area contributed by atoms with Gasteiger partial charge in [-0.05, 0) is 55.1 Å². The molecule has 1 aliphatic carbocycles. The van der Waals surface area contributed by atoms with Crippen molar-refractivity contribution in [2.45, 2.75) is 50.5 Å². The van der Waals surface area contributed by atoms with Crippen LogP contribution in [0.2, 0.25) is 0 Å². The molecule has 1 heterocycles. The normalized spacial score (nSPS) is 16.7. The fourth-order valence-electron chi connectivity index (χ4n) is 6.40. The lowest BCUT2D eigenvalue weighted by Gasteiger charge is -2.37. The van der Waals surface area contributed by atoms with Crippen LogP contribution in [0.1, 0.15) is 65.9 Å². The highest BCUT2D eigenvalue weighted by atomic mass is 19.1. The molecular formula is C35H42FN3O. The van der Waals surface area contributed by atoms with Crippen LogP contribution >= 0.6 is 0 Å². The van der Waals surface area contributed by atoms with Crippen LogP contribution in [0.5, 0.6) is 0 Å². The highest BCUT2D eigenvalue weighted by Crippen LogP contribution is 2.29. The number of hydrogen-bond acceptors (Lipinski definition) is 3. The van der Waals surface area contributed by atoms with Crippen LogP contribution in [0.25, 0.3) is 0 Å². The first kappa shape index (κ1) is 28.1. The number of benzene rings is 3. The minimum absolute atomic E-state index is 0.168. The highest BCUT2D eigenvalue weighted by Gasteiger charge is 2.28. The first-order chi connectivity index (χ1) is 19.6. The summed E-state index contributed by atoms with van der Waals surface area (Å²) >= 11 is 0. The van der Waals surface area contributed by atoms with Gasteiger partial charge in [0.1, 0.15) is 5.82 Å². The van der Waals surface area contributed by atoms with Crippen molar-refractivity contribution in [3.05, 3.63) is 114 Å². The second-order valence-electron chi connectivity index (χ2n) is 11.2. The summed E-state index contributed by atoms with van der Waals surface area (Å²) in [6.07, 6.45) is 8.24. The molecule has 1 saturated carbocycles. The summed E-state index contributed by atoms with van der Waals surface area (Å²) in [7, 11) is 0. The van der Waals surface area contributed by atoms with Crippen LogP contribution in [-0.2, 0) is 0 Å². The molecule has 1 saturated heterocycles. The summed E-state index contributed by atoms with van der Waals surface area (Å²) in [6, 6.07) is 26.8. The molecule has 3 aromatic rings. The quantitative estimate of drug-likeness (QED) is 0.257. The van der Waals surface area contributed by atoms with E-state index in [1.807, 2.05) is 11.0 Å². The van der Waals surface area contributed by atoms with Crippen LogP contribution < -0.4 is 4.90 Å². The van der Waals surface area contributed by atoms with Crippen molar-refractivity contribution < 1.29 is 9.18 Å². The molecule has 0 N–H and O–H groups in total. The van der Waals surface area contributed by atoms with E-state index in [2.05, 4.69) is 77.0 Å². The fraction of sp³-hybridized carbons (Fsp3) is 0.400. The molecule has 3 aromatic carbocycles. The van der Waals surface area contributed by atoms with Gasteiger partial charge in [-0.25, -0.2) is 4.39 Å². The van der Waals surface area contributed by atoms with Crippen LogP contribution in [0.15, 0.2) is 91.5 Å². The van der Waals surface area contributed by atoms with E-state index in [9.17, 15) is 9.18 Å². The second-order valence-corrected chi connectivity index (χ2v) is 11.2.